The minimum atomic E-state index is 0.679. The van der Waals surface area contributed by atoms with Gasteiger partial charge in [0.2, 0.25) is 0 Å². The summed E-state index contributed by atoms with van der Waals surface area (Å²) in [6.45, 7) is 0. The lowest BCUT2D eigenvalue weighted by atomic mass is 10.1. The topological polar surface area (TPSA) is 101 Å². The van der Waals surface area contributed by atoms with Gasteiger partial charge in [-0.2, -0.15) is 10.2 Å². The molecule has 8 nitrogen and oxygen atoms in total. The highest BCUT2D eigenvalue weighted by molar-refractivity contribution is 5.94. The monoisotopic (exact) mass is 316 g/mol. The number of imidazole rings is 1. The Bertz CT molecular complexity index is 1150. The number of aromatic nitrogens is 8. The lowest BCUT2D eigenvalue weighted by Crippen LogP contribution is -1.85. The van der Waals surface area contributed by atoms with E-state index in [1.54, 1.807) is 23.3 Å². The van der Waals surface area contributed by atoms with Crippen LogP contribution in [0, 0.1) is 0 Å². The van der Waals surface area contributed by atoms with E-state index in [2.05, 4.69) is 35.2 Å². The Labute approximate surface area is 135 Å². The summed E-state index contributed by atoms with van der Waals surface area (Å²) >= 11 is 0. The zero-order valence-corrected chi connectivity index (χ0v) is 12.7. The van der Waals surface area contributed by atoms with Gasteiger partial charge in [0.1, 0.15) is 11.2 Å². The molecule has 0 atom stereocenters. The summed E-state index contributed by atoms with van der Waals surface area (Å²) in [7, 11) is 1.88. The number of nitrogens with zero attached hydrogens (tertiary/aromatic N) is 6. The van der Waals surface area contributed by atoms with Crippen molar-refractivity contribution >= 4 is 22.1 Å². The van der Waals surface area contributed by atoms with Crippen molar-refractivity contribution in [1.29, 1.82) is 0 Å². The Balaban J connectivity index is 1.70. The van der Waals surface area contributed by atoms with Gasteiger partial charge in [-0.05, 0) is 18.2 Å². The van der Waals surface area contributed by atoms with E-state index in [-0.39, 0.29) is 0 Å². The van der Waals surface area contributed by atoms with Crippen LogP contribution in [0.15, 0.2) is 43.0 Å². The molecule has 0 aliphatic rings. The van der Waals surface area contributed by atoms with E-state index in [9.17, 15) is 0 Å². The zero-order chi connectivity index (χ0) is 16.1. The van der Waals surface area contributed by atoms with Gasteiger partial charge in [-0.3, -0.25) is 14.8 Å². The lowest BCUT2D eigenvalue weighted by Gasteiger charge is -1.97. The molecule has 0 aliphatic heterocycles. The van der Waals surface area contributed by atoms with Crippen molar-refractivity contribution in [3.8, 4) is 22.8 Å². The van der Waals surface area contributed by atoms with Crippen LogP contribution in [0.2, 0.25) is 0 Å². The van der Waals surface area contributed by atoms with E-state index >= 15 is 0 Å². The Hall–Kier alpha value is -3.55. The molecule has 0 saturated heterocycles. The summed E-state index contributed by atoms with van der Waals surface area (Å²) in [4.78, 5) is 16.5. The van der Waals surface area contributed by atoms with Crippen molar-refractivity contribution in [1.82, 2.24) is 39.9 Å². The summed E-state index contributed by atoms with van der Waals surface area (Å²) in [5.74, 6) is 0.679. The molecule has 2 N–H and O–H groups in total. The van der Waals surface area contributed by atoms with Crippen molar-refractivity contribution in [2.24, 2.45) is 7.05 Å². The fourth-order valence-corrected chi connectivity index (χ4v) is 2.76. The largest absolute Gasteiger partial charge is 0.321 e. The van der Waals surface area contributed by atoms with Crippen LogP contribution in [0.1, 0.15) is 0 Å². The standard InChI is InChI=1S/C16H12N8/c1-24-8-9(6-19-24)12-5-10-13(7-18-12)22-23-14(10)16-20-11-3-2-4-17-15(11)21-16/h2-8H,1H3,(H,22,23)(H,17,20,21). The smallest absolute Gasteiger partial charge is 0.160 e. The number of pyridine rings is 2. The lowest BCUT2D eigenvalue weighted by molar-refractivity contribution is 0.768. The molecule has 0 aromatic carbocycles. The van der Waals surface area contributed by atoms with Crippen LogP contribution in [-0.2, 0) is 7.05 Å². The van der Waals surface area contributed by atoms with E-state index < -0.39 is 0 Å². The fourth-order valence-electron chi connectivity index (χ4n) is 2.76. The second kappa shape index (κ2) is 4.72. The molecule has 0 bridgehead atoms. The van der Waals surface area contributed by atoms with Crippen LogP contribution in [0.3, 0.4) is 0 Å². The van der Waals surface area contributed by atoms with Crippen LogP contribution in [0.25, 0.3) is 44.8 Å². The van der Waals surface area contributed by atoms with Crippen LogP contribution < -0.4 is 0 Å². The fraction of sp³-hybridized carbons (Fsp3) is 0.0625. The molecule has 0 radical (unpaired) electrons. The highest BCUT2D eigenvalue weighted by Crippen LogP contribution is 2.28. The molecule has 0 amide bonds. The molecule has 24 heavy (non-hydrogen) atoms. The molecule has 0 spiro atoms. The third-order valence-corrected chi connectivity index (χ3v) is 3.93. The summed E-state index contributed by atoms with van der Waals surface area (Å²) < 4.78 is 1.75. The summed E-state index contributed by atoms with van der Waals surface area (Å²) in [5.41, 5.74) is 4.95. The summed E-state index contributed by atoms with van der Waals surface area (Å²) in [6, 6.07) is 5.77. The SMILES string of the molecule is Cn1cc(-c2cc3c(-c4nc5cccnc5[nH]4)n[nH]c3cn2)cn1. The van der Waals surface area contributed by atoms with Gasteiger partial charge >= 0.3 is 0 Å². The van der Waals surface area contributed by atoms with Crippen LogP contribution in [-0.4, -0.2) is 39.9 Å². The Morgan fingerprint density at radius 2 is 2.12 bits per heavy atom. The minimum Gasteiger partial charge on any atom is -0.321 e. The van der Waals surface area contributed by atoms with Crippen molar-refractivity contribution in [2.45, 2.75) is 0 Å². The molecule has 0 unspecified atom stereocenters. The third kappa shape index (κ3) is 1.89. The Morgan fingerprint density at radius 1 is 1.17 bits per heavy atom. The van der Waals surface area contributed by atoms with E-state index in [4.69, 9.17) is 0 Å². The summed E-state index contributed by atoms with van der Waals surface area (Å²) in [6.07, 6.45) is 7.23. The van der Waals surface area contributed by atoms with Crippen molar-refractivity contribution in [3.63, 3.8) is 0 Å². The van der Waals surface area contributed by atoms with E-state index in [1.165, 1.54) is 0 Å². The first-order valence-electron chi connectivity index (χ1n) is 7.42. The Morgan fingerprint density at radius 3 is 2.96 bits per heavy atom. The van der Waals surface area contributed by atoms with Crippen molar-refractivity contribution in [3.05, 3.63) is 43.0 Å². The molecule has 8 heteroatoms. The number of hydrogen-bond donors (Lipinski definition) is 2. The zero-order valence-electron chi connectivity index (χ0n) is 12.7. The van der Waals surface area contributed by atoms with Gasteiger partial charge < -0.3 is 4.98 Å². The van der Waals surface area contributed by atoms with Gasteiger partial charge in [-0.1, -0.05) is 0 Å². The molecular formula is C16H12N8. The average molecular weight is 316 g/mol. The van der Waals surface area contributed by atoms with E-state index in [0.29, 0.717) is 5.82 Å². The third-order valence-electron chi connectivity index (χ3n) is 3.93. The molecular weight excluding hydrogens is 304 g/mol. The van der Waals surface area contributed by atoms with E-state index in [1.807, 2.05) is 31.4 Å². The van der Waals surface area contributed by atoms with Crippen LogP contribution in [0.5, 0.6) is 0 Å². The first-order chi connectivity index (χ1) is 11.8. The van der Waals surface area contributed by atoms with Crippen LogP contribution >= 0.6 is 0 Å². The maximum atomic E-state index is 4.57. The number of aromatic amines is 2. The Kier molecular flexibility index (Phi) is 2.55. The second-order valence-corrected chi connectivity index (χ2v) is 5.55. The van der Waals surface area contributed by atoms with Crippen molar-refractivity contribution < 1.29 is 0 Å². The second-order valence-electron chi connectivity index (χ2n) is 5.55. The molecule has 5 heterocycles. The van der Waals surface area contributed by atoms with Crippen LogP contribution in [0.4, 0.5) is 0 Å². The number of hydrogen-bond acceptors (Lipinski definition) is 5. The molecule has 5 aromatic heterocycles. The molecule has 0 aliphatic carbocycles. The molecule has 5 aromatic rings. The predicted molar refractivity (Wildman–Crippen MR) is 89.0 cm³/mol. The van der Waals surface area contributed by atoms with Gasteiger partial charge in [-0.25, -0.2) is 9.97 Å². The average Bonchev–Trinajstić information content (AvgIpc) is 3.30. The maximum absolute atomic E-state index is 4.57. The van der Waals surface area contributed by atoms with Crippen molar-refractivity contribution in [2.75, 3.05) is 0 Å². The molecule has 0 saturated carbocycles. The van der Waals surface area contributed by atoms with Gasteiger partial charge in [-0.15, -0.1) is 0 Å². The first kappa shape index (κ1) is 12.9. The molecule has 0 fully saturated rings. The number of fused-ring (bicyclic) bond motifs is 2. The predicted octanol–water partition coefficient (Wildman–Crippen LogP) is 2.30. The summed E-state index contributed by atoms with van der Waals surface area (Å²) in [5, 5.41) is 12.5. The van der Waals surface area contributed by atoms with Gasteiger partial charge in [0, 0.05) is 30.4 Å². The maximum Gasteiger partial charge on any atom is 0.160 e. The van der Waals surface area contributed by atoms with Gasteiger partial charge in [0.15, 0.2) is 11.5 Å². The quantitative estimate of drug-likeness (QED) is 0.520. The van der Waals surface area contributed by atoms with Gasteiger partial charge in [0.05, 0.1) is 23.6 Å². The molecule has 5 rings (SSSR count). The normalized spacial score (nSPS) is 11.5. The number of rotatable bonds is 2. The molecule has 116 valence electrons. The highest BCUT2D eigenvalue weighted by Gasteiger charge is 2.14. The number of aryl methyl sites for hydroxylation is 1. The highest BCUT2D eigenvalue weighted by atomic mass is 15.2. The number of nitrogens with one attached hydrogen (secondary N) is 2. The van der Waals surface area contributed by atoms with Gasteiger partial charge in [0.25, 0.3) is 0 Å². The number of H-pyrrole nitrogens is 2. The first-order valence-corrected chi connectivity index (χ1v) is 7.42. The minimum absolute atomic E-state index is 0.679. The van der Waals surface area contributed by atoms with E-state index in [0.717, 1.165) is 39.0 Å².